The third-order valence-corrected chi connectivity index (χ3v) is 5.52. The van der Waals surface area contributed by atoms with E-state index < -0.39 is 17.4 Å². The lowest BCUT2D eigenvalue weighted by molar-refractivity contribution is 0.0938. The van der Waals surface area contributed by atoms with Gasteiger partial charge in [0.1, 0.15) is 24.2 Å². The summed E-state index contributed by atoms with van der Waals surface area (Å²) in [6.07, 6.45) is -0.0458. The molecule has 0 fully saturated rings. The highest BCUT2D eigenvalue weighted by Gasteiger charge is 2.20. The highest BCUT2D eigenvalue weighted by atomic mass is 16.5. The molecule has 2 aromatic carbocycles. The number of fused-ring (bicyclic) bond motifs is 1. The zero-order chi connectivity index (χ0) is 24.2. The van der Waals surface area contributed by atoms with Crippen LogP contribution >= 0.6 is 0 Å². The van der Waals surface area contributed by atoms with E-state index in [1.807, 2.05) is 24.3 Å². The molecule has 4 rings (SSSR count). The fourth-order valence-electron chi connectivity index (χ4n) is 3.59. The maximum Gasteiger partial charge on any atom is 0.329 e. The Morgan fingerprint density at radius 1 is 1.09 bits per heavy atom. The molecule has 0 saturated heterocycles. The Labute approximate surface area is 195 Å². The Hall–Kier alpha value is -4.05. The Balaban J connectivity index is 1.63. The SMILES string of the molecule is CCc1ccc(Nc2nc3c(c(=O)[nH]c(=O)n3C)n2C[C@H](O)COc2ccc(OC)cc2)cc1. The average Bonchev–Trinajstić information content (AvgIpc) is 3.20. The van der Waals surface area contributed by atoms with Gasteiger partial charge in [-0.25, -0.2) is 4.79 Å². The first kappa shape index (κ1) is 23.1. The van der Waals surface area contributed by atoms with Crippen LogP contribution in [0.4, 0.5) is 11.6 Å². The summed E-state index contributed by atoms with van der Waals surface area (Å²) in [5.41, 5.74) is 1.19. The first-order valence-electron chi connectivity index (χ1n) is 10.9. The van der Waals surface area contributed by atoms with Crippen LogP contribution in [0.25, 0.3) is 11.2 Å². The summed E-state index contributed by atoms with van der Waals surface area (Å²) in [7, 11) is 3.11. The molecule has 178 valence electrons. The van der Waals surface area contributed by atoms with Gasteiger partial charge >= 0.3 is 5.69 Å². The van der Waals surface area contributed by atoms with E-state index in [4.69, 9.17) is 9.47 Å². The molecule has 0 bridgehead atoms. The van der Waals surface area contributed by atoms with Crippen LogP contribution in [0.1, 0.15) is 12.5 Å². The second-order valence-corrected chi connectivity index (χ2v) is 7.85. The van der Waals surface area contributed by atoms with E-state index in [-0.39, 0.29) is 24.3 Å². The number of aromatic nitrogens is 4. The zero-order valence-electron chi connectivity index (χ0n) is 19.2. The molecule has 2 aromatic heterocycles. The second-order valence-electron chi connectivity index (χ2n) is 7.85. The lowest BCUT2D eigenvalue weighted by Crippen LogP contribution is -2.30. The van der Waals surface area contributed by atoms with Gasteiger partial charge in [-0.05, 0) is 48.4 Å². The fraction of sp³-hybridized carbons (Fsp3) is 0.292. The van der Waals surface area contributed by atoms with Crippen LogP contribution in [0, 0.1) is 0 Å². The van der Waals surface area contributed by atoms with E-state index >= 15 is 0 Å². The molecule has 0 saturated carbocycles. The predicted octanol–water partition coefficient (Wildman–Crippen LogP) is 2.18. The minimum atomic E-state index is -0.959. The molecule has 0 unspecified atom stereocenters. The van der Waals surface area contributed by atoms with Crippen LogP contribution in [0.5, 0.6) is 11.5 Å². The number of hydrogen-bond acceptors (Lipinski definition) is 7. The number of benzene rings is 2. The lowest BCUT2D eigenvalue weighted by atomic mass is 10.1. The molecule has 10 heteroatoms. The van der Waals surface area contributed by atoms with Crippen molar-refractivity contribution in [2.75, 3.05) is 19.0 Å². The number of hydrogen-bond donors (Lipinski definition) is 3. The Kier molecular flexibility index (Phi) is 6.69. The van der Waals surface area contributed by atoms with Crippen molar-refractivity contribution >= 4 is 22.8 Å². The molecular weight excluding hydrogens is 438 g/mol. The number of aryl methyl sites for hydroxylation is 2. The number of aliphatic hydroxyl groups is 1. The van der Waals surface area contributed by atoms with Gasteiger partial charge in [0.25, 0.3) is 5.56 Å². The number of aromatic amines is 1. The minimum absolute atomic E-state index is 0.0136. The number of nitrogens with one attached hydrogen (secondary N) is 2. The maximum absolute atomic E-state index is 12.7. The first-order chi connectivity index (χ1) is 16.4. The number of rotatable bonds is 9. The number of ether oxygens (including phenoxy) is 2. The van der Waals surface area contributed by atoms with Crippen LogP contribution < -0.4 is 26.0 Å². The van der Waals surface area contributed by atoms with E-state index in [2.05, 4.69) is 22.2 Å². The van der Waals surface area contributed by atoms with Crippen molar-refractivity contribution in [3.8, 4) is 11.5 Å². The molecular formula is C24H27N5O5. The van der Waals surface area contributed by atoms with E-state index in [0.29, 0.717) is 17.4 Å². The van der Waals surface area contributed by atoms with Gasteiger partial charge in [0.2, 0.25) is 5.95 Å². The van der Waals surface area contributed by atoms with Crippen LogP contribution in [-0.2, 0) is 20.0 Å². The van der Waals surface area contributed by atoms with E-state index in [1.165, 1.54) is 17.2 Å². The molecule has 0 aliphatic rings. The zero-order valence-corrected chi connectivity index (χ0v) is 19.2. The highest BCUT2D eigenvalue weighted by molar-refractivity contribution is 5.75. The number of imidazole rings is 1. The van der Waals surface area contributed by atoms with Crippen molar-refractivity contribution in [1.29, 1.82) is 0 Å². The minimum Gasteiger partial charge on any atom is -0.497 e. The lowest BCUT2D eigenvalue weighted by Gasteiger charge is -2.16. The van der Waals surface area contributed by atoms with Gasteiger partial charge in [0.05, 0.1) is 13.7 Å². The third-order valence-electron chi connectivity index (χ3n) is 5.52. The summed E-state index contributed by atoms with van der Waals surface area (Å²) in [6.45, 7) is 2.08. The fourth-order valence-corrected chi connectivity index (χ4v) is 3.59. The highest BCUT2D eigenvalue weighted by Crippen LogP contribution is 2.22. The molecule has 4 aromatic rings. The second kappa shape index (κ2) is 9.84. The summed E-state index contributed by atoms with van der Waals surface area (Å²) in [6, 6.07) is 14.8. The van der Waals surface area contributed by atoms with Crippen LogP contribution in [0.2, 0.25) is 0 Å². The molecule has 0 radical (unpaired) electrons. The number of aliphatic hydroxyl groups excluding tert-OH is 1. The van der Waals surface area contributed by atoms with Gasteiger partial charge in [0.15, 0.2) is 11.2 Å². The molecule has 34 heavy (non-hydrogen) atoms. The third kappa shape index (κ3) is 4.81. The number of H-pyrrole nitrogens is 1. The van der Waals surface area contributed by atoms with Gasteiger partial charge in [-0.1, -0.05) is 19.1 Å². The van der Waals surface area contributed by atoms with Crippen molar-refractivity contribution in [2.45, 2.75) is 26.0 Å². The molecule has 2 heterocycles. The summed E-state index contributed by atoms with van der Waals surface area (Å²) < 4.78 is 13.6. The number of anilines is 2. The summed E-state index contributed by atoms with van der Waals surface area (Å²) in [4.78, 5) is 31.5. The van der Waals surface area contributed by atoms with Crippen LogP contribution in [-0.4, -0.2) is 44.0 Å². The molecule has 10 nitrogen and oxygen atoms in total. The smallest absolute Gasteiger partial charge is 0.329 e. The van der Waals surface area contributed by atoms with Crippen LogP contribution in [0.15, 0.2) is 58.1 Å². The number of methoxy groups -OCH3 is 1. The monoisotopic (exact) mass is 465 g/mol. The van der Waals surface area contributed by atoms with E-state index in [9.17, 15) is 14.7 Å². The van der Waals surface area contributed by atoms with E-state index in [0.717, 1.165) is 12.1 Å². The standard InChI is InChI=1S/C24H27N5O5/c1-4-15-5-7-16(8-6-15)25-23-26-21-20(22(31)27-24(32)28(21)2)29(23)13-17(30)14-34-19-11-9-18(33-3)10-12-19/h5-12,17,30H,4,13-14H2,1-3H3,(H,25,26)(H,27,31,32)/t17-/m0/s1. The molecule has 0 aliphatic heterocycles. The van der Waals surface area contributed by atoms with E-state index in [1.54, 1.807) is 35.9 Å². The molecule has 0 spiro atoms. The predicted molar refractivity (Wildman–Crippen MR) is 129 cm³/mol. The van der Waals surface area contributed by atoms with Crippen molar-refractivity contribution in [3.05, 3.63) is 74.9 Å². The van der Waals surface area contributed by atoms with Gasteiger partial charge in [-0.15, -0.1) is 0 Å². The Morgan fingerprint density at radius 2 is 1.76 bits per heavy atom. The molecule has 0 aliphatic carbocycles. The average molecular weight is 466 g/mol. The maximum atomic E-state index is 12.7. The van der Waals surface area contributed by atoms with Crippen molar-refractivity contribution < 1.29 is 14.6 Å². The summed E-state index contributed by atoms with van der Waals surface area (Å²) in [5.74, 6) is 1.60. The van der Waals surface area contributed by atoms with Crippen LogP contribution in [0.3, 0.4) is 0 Å². The number of nitrogens with zero attached hydrogens (tertiary/aromatic N) is 3. The topological polar surface area (TPSA) is 123 Å². The normalized spacial score (nSPS) is 12.0. The summed E-state index contributed by atoms with van der Waals surface area (Å²) in [5, 5.41) is 13.9. The van der Waals surface area contributed by atoms with Gasteiger partial charge in [0, 0.05) is 12.7 Å². The van der Waals surface area contributed by atoms with Crippen molar-refractivity contribution in [2.24, 2.45) is 7.05 Å². The van der Waals surface area contributed by atoms with Gasteiger partial charge < -0.3 is 24.5 Å². The molecule has 0 amide bonds. The van der Waals surface area contributed by atoms with Crippen molar-refractivity contribution in [3.63, 3.8) is 0 Å². The molecule has 3 N–H and O–H groups in total. The van der Waals surface area contributed by atoms with Gasteiger partial charge in [-0.3, -0.25) is 14.3 Å². The van der Waals surface area contributed by atoms with Crippen molar-refractivity contribution in [1.82, 2.24) is 19.1 Å². The summed E-state index contributed by atoms with van der Waals surface area (Å²) >= 11 is 0. The Bertz CT molecular complexity index is 1390. The largest absolute Gasteiger partial charge is 0.497 e. The first-order valence-corrected chi connectivity index (χ1v) is 10.9. The Morgan fingerprint density at radius 3 is 2.41 bits per heavy atom. The molecule has 1 atom stereocenters. The quantitative estimate of drug-likeness (QED) is 0.346. The van der Waals surface area contributed by atoms with Gasteiger partial charge in [-0.2, -0.15) is 4.98 Å².